The highest BCUT2D eigenvalue weighted by molar-refractivity contribution is 5.75. The molecule has 0 rings (SSSR count). The maximum absolute atomic E-state index is 9.64. The summed E-state index contributed by atoms with van der Waals surface area (Å²) in [7, 11) is 0. The lowest BCUT2D eigenvalue weighted by atomic mass is 10.3. The minimum absolute atomic E-state index is 0.296. The summed E-state index contributed by atoms with van der Waals surface area (Å²) in [6, 6.07) is 0. The molecule has 0 aliphatic carbocycles. The molecule has 0 aliphatic rings. The van der Waals surface area contributed by atoms with Crippen molar-refractivity contribution in [2.75, 3.05) is 13.1 Å². The Kier molecular flexibility index (Phi) is 23.7. The molecule has 0 aromatic rings. The lowest BCUT2D eigenvalue weighted by Crippen LogP contribution is -2.00. The van der Waals surface area contributed by atoms with Crippen LogP contribution < -0.4 is 11.5 Å². The van der Waals surface area contributed by atoms with Crippen LogP contribution in [0.25, 0.3) is 0 Å². The third kappa shape index (κ3) is 70.9. The van der Waals surface area contributed by atoms with Gasteiger partial charge in [0.25, 0.3) is 0 Å². The summed E-state index contributed by atoms with van der Waals surface area (Å²) in [5.74, 6) is -2.15. The predicted octanol–water partition coefficient (Wildman–Crippen LogP) is -0.134. The quantitative estimate of drug-likeness (QED) is 0.511. The van der Waals surface area contributed by atoms with E-state index in [4.69, 9.17) is 21.7 Å². The van der Waals surface area contributed by atoms with Crippen LogP contribution in [0.1, 0.15) is 26.7 Å². The molecule has 0 fully saturated rings. The third-order valence-corrected chi connectivity index (χ3v) is 0.553. The van der Waals surface area contributed by atoms with Gasteiger partial charge in [-0.25, -0.2) is 0 Å². The highest BCUT2D eigenvalue weighted by Crippen LogP contribution is 1.86. The molecule has 6 N–H and O–H groups in total. The summed E-state index contributed by atoms with van der Waals surface area (Å²) in [4.78, 5) is 19.3. The van der Waals surface area contributed by atoms with E-state index in [1.165, 1.54) is 0 Å². The first kappa shape index (κ1) is 18.6. The number of carboxylic acids is 2. The molecule has 0 spiro atoms. The first-order chi connectivity index (χ1) is 6.45. The van der Waals surface area contributed by atoms with Crippen LogP contribution in [0.3, 0.4) is 0 Å². The molecule has 14 heavy (non-hydrogen) atoms. The SMILES string of the molecule is CCN.CCN.O=C(O)CCC(=O)O. The Bertz CT molecular complexity index is 123. The Morgan fingerprint density at radius 1 is 0.929 bits per heavy atom. The van der Waals surface area contributed by atoms with Gasteiger partial charge in [0.05, 0.1) is 12.8 Å². The lowest BCUT2D eigenvalue weighted by Gasteiger charge is -1.85. The molecule has 0 atom stereocenters. The monoisotopic (exact) mass is 208 g/mol. The van der Waals surface area contributed by atoms with Crippen molar-refractivity contribution in [3.8, 4) is 0 Å². The van der Waals surface area contributed by atoms with E-state index in [0.717, 1.165) is 13.1 Å². The molecule has 0 aliphatic heterocycles. The van der Waals surface area contributed by atoms with Gasteiger partial charge in [-0.05, 0) is 13.1 Å². The van der Waals surface area contributed by atoms with Crippen molar-refractivity contribution in [1.29, 1.82) is 0 Å². The average molecular weight is 208 g/mol. The standard InChI is InChI=1S/C4H6O4.2C2H7N/c5-3(6)1-2-4(7)8;2*1-2-3/h1-2H2,(H,5,6)(H,7,8);2*2-3H2,1H3. The van der Waals surface area contributed by atoms with Crippen molar-refractivity contribution in [2.45, 2.75) is 26.7 Å². The van der Waals surface area contributed by atoms with Gasteiger partial charge >= 0.3 is 11.9 Å². The van der Waals surface area contributed by atoms with Crippen LogP contribution >= 0.6 is 0 Å². The highest BCUT2D eigenvalue weighted by atomic mass is 16.4. The van der Waals surface area contributed by atoms with E-state index >= 15 is 0 Å². The highest BCUT2D eigenvalue weighted by Gasteiger charge is 2.00. The van der Waals surface area contributed by atoms with E-state index in [-0.39, 0.29) is 12.8 Å². The van der Waals surface area contributed by atoms with E-state index in [2.05, 4.69) is 0 Å². The Hall–Kier alpha value is -1.14. The second kappa shape index (κ2) is 17.8. The van der Waals surface area contributed by atoms with Crippen LogP contribution in [0.15, 0.2) is 0 Å². The van der Waals surface area contributed by atoms with Gasteiger partial charge in [0, 0.05) is 0 Å². The maximum atomic E-state index is 9.64. The minimum atomic E-state index is -1.08. The second-order valence-corrected chi connectivity index (χ2v) is 2.10. The number of rotatable bonds is 3. The molecule has 0 saturated carbocycles. The molecular weight excluding hydrogens is 188 g/mol. The van der Waals surface area contributed by atoms with E-state index in [9.17, 15) is 9.59 Å². The third-order valence-electron chi connectivity index (χ3n) is 0.553. The van der Waals surface area contributed by atoms with Crippen molar-refractivity contribution < 1.29 is 19.8 Å². The molecule has 86 valence electrons. The van der Waals surface area contributed by atoms with Crippen LogP contribution in [0.2, 0.25) is 0 Å². The number of aliphatic carboxylic acids is 2. The Morgan fingerprint density at radius 2 is 1.07 bits per heavy atom. The van der Waals surface area contributed by atoms with Crippen LogP contribution in [0, 0.1) is 0 Å². The van der Waals surface area contributed by atoms with Gasteiger partial charge in [0.1, 0.15) is 0 Å². The van der Waals surface area contributed by atoms with E-state index < -0.39 is 11.9 Å². The number of nitrogens with two attached hydrogens (primary N) is 2. The van der Waals surface area contributed by atoms with Crippen molar-refractivity contribution in [3.05, 3.63) is 0 Å². The van der Waals surface area contributed by atoms with Gasteiger partial charge in [-0.2, -0.15) is 0 Å². The molecule has 6 nitrogen and oxygen atoms in total. The zero-order valence-electron chi connectivity index (χ0n) is 8.69. The van der Waals surface area contributed by atoms with Crippen molar-refractivity contribution >= 4 is 11.9 Å². The molecule has 0 amide bonds. The van der Waals surface area contributed by atoms with Gasteiger partial charge < -0.3 is 21.7 Å². The molecule has 0 bridgehead atoms. The normalized spacial score (nSPS) is 7.43. The molecule has 6 heteroatoms. The minimum Gasteiger partial charge on any atom is -0.481 e. The fraction of sp³-hybridized carbons (Fsp3) is 0.750. The number of carbonyl (C=O) groups is 2. The summed E-state index contributed by atoms with van der Waals surface area (Å²) >= 11 is 0. The first-order valence-electron chi connectivity index (χ1n) is 4.29. The fourth-order valence-electron chi connectivity index (χ4n) is 0.214. The zero-order valence-corrected chi connectivity index (χ0v) is 8.69. The number of hydrogen-bond donors (Lipinski definition) is 4. The predicted molar refractivity (Wildman–Crippen MR) is 54.0 cm³/mol. The number of hydrogen-bond acceptors (Lipinski definition) is 4. The summed E-state index contributed by atoms with van der Waals surface area (Å²) in [5, 5.41) is 15.8. The van der Waals surface area contributed by atoms with Crippen LogP contribution in [0.4, 0.5) is 0 Å². The van der Waals surface area contributed by atoms with Gasteiger partial charge in [-0.3, -0.25) is 9.59 Å². The molecular formula is C8H20N2O4. The van der Waals surface area contributed by atoms with Gasteiger partial charge in [-0.1, -0.05) is 13.8 Å². The molecule has 0 aromatic carbocycles. The molecule has 0 aromatic heterocycles. The summed E-state index contributed by atoms with van der Waals surface area (Å²) < 4.78 is 0. The first-order valence-corrected chi connectivity index (χ1v) is 4.29. The lowest BCUT2D eigenvalue weighted by molar-refractivity contribution is -0.143. The molecule has 0 radical (unpaired) electrons. The van der Waals surface area contributed by atoms with Crippen molar-refractivity contribution in [2.24, 2.45) is 11.5 Å². The van der Waals surface area contributed by atoms with Crippen molar-refractivity contribution in [3.63, 3.8) is 0 Å². The van der Waals surface area contributed by atoms with E-state index in [0.29, 0.717) is 0 Å². The van der Waals surface area contributed by atoms with Crippen LogP contribution in [-0.4, -0.2) is 35.2 Å². The van der Waals surface area contributed by atoms with E-state index in [1.807, 2.05) is 13.8 Å². The summed E-state index contributed by atoms with van der Waals surface area (Å²) in [6.45, 7) is 5.31. The zero-order chi connectivity index (χ0) is 12.0. The topological polar surface area (TPSA) is 127 Å². The molecule has 0 heterocycles. The average Bonchev–Trinajstić information content (AvgIpc) is 2.04. The Labute approximate surface area is 83.9 Å². The smallest absolute Gasteiger partial charge is 0.303 e. The Morgan fingerprint density at radius 3 is 1.14 bits per heavy atom. The Balaban J connectivity index is -0.000000168. The largest absolute Gasteiger partial charge is 0.481 e. The van der Waals surface area contributed by atoms with Gasteiger partial charge in [0.15, 0.2) is 0 Å². The second-order valence-electron chi connectivity index (χ2n) is 2.10. The summed E-state index contributed by atoms with van der Waals surface area (Å²) in [6.07, 6.45) is -0.593. The summed E-state index contributed by atoms with van der Waals surface area (Å²) in [5.41, 5.74) is 9.69. The van der Waals surface area contributed by atoms with Crippen LogP contribution in [-0.2, 0) is 9.59 Å². The maximum Gasteiger partial charge on any atom is 0.303 e. The van der Waals surface area contributed by atoms with Crippen molar-refractivity contribution in [1.82, 2.24) is 0 Å². The van der Waals surface area contributed by atoms with Crippen LogP contribution in [0.5, 0.6) is 0 Å². The van der Waals surface area contributed by atoms with Gasteiger partial charge in [0.2, 0.25) is 0 Å². The van der Waals surface area contributed by atoms with E-state index in [1.54, 1.807) is 0 Å². The number of carboxylic acid groups (broad SMARTS) is 2. The van der Waals surface area contributed by atoms with Gasteiger partial charge in [-0.15, -0.1) is 0 Å². The molecule has 0 unspecified atom stereocenters. The molecule has 0 saturated heterocycles. The fourth-order valence-corrected chi connectivity index (χ4v) is 0.214.